The van der Waals surface area contributed by atoms with Gasteiger partial charge in [-0.05, 0) is 64.8 Å². The third-order valence-corrected chi connectivity index (χ3v) is 8.94. The molecule has 9 rings (SSSR count). The van der Waals surface area contributed by atoms with Crippen LogP contribution in [0.4, 0.5) is 0 Å². The fraction of sp³-hybridized carbons (Fsp3) is 0. The first kappa shape index (κ1) is 28.5. The molecule has 4 aromatic rings. The Labute approximate surface area is 284 Å². The number of hydrogen-bond donors (Lipinski definition) is 1. The molecule has 0 saturated carbocycles. The third kappa shape index (κ3) is 5.14. The van der Waals surface area contributed by atoms with Gasteiger partial charge in [0.2, 0.25) is 0 Å². The van der Waals surface area contributed by atoms with Gasteiger partial charge in [-0.15, -0.1) is 0 Å². The normalized spacial score (nSPS) is 17.9. The molecule has 0 saturated heterocycles. The Morgan fingerprint density at radius 2 is 0.857 bits per heavy atom. The van der Waals surface area contributed by atoms with Gasteiger partial charge >= 0.3 is 0 Å². The molecular formula is C44H29N5. The molecule has 0 spiro atoms. The van der Waals surface area contributed by atoms with E-state index in [1.807, 2.05) is 72.9 Å². The summed E-state index contributed by atoms with van der Waals surface area (Å²) in [5.41, 5.74) is 21.9. The maximum atomic E-state index is 7.10. The lowest BCUT2D eigenvalue weighted by molar-refractivity contribution is 1.41. The van der Waals surface area contributed by atoms with Gasteiger partial charge in [0.1, 0.15) is 0 Å². The van der Waals surface area contributed by atoms with E-state index in [-0.39, 0.29) is 0 Å². The Hall–Kier alpha value is -6.72. The van der Waals surface area contributed by atoms with Crippen LogP contribution in [0.3, 0.4) is 0 Å². The highest BCUT2D eigenvalue weighted by Crippen LogP contribution is 2.47. The van der Waals surface area contributed by atoms with Gasteiger partial charge < -0.3 is 5.73 Å². The zero-order chi connectivity index (χ0) is 32.7. The maximum absolute atomic E-state index is 7.10. The van der Waals surface area contributed by atoms with Gasteiger partial charge in [0, 0.05) is 22.3 Å². The van der Waals surface area contributed by atoms with E-state index in [1.165, 1.54) is 0 Å². The average Bonchev–Trinajstić information content (AvgIpc) is 3.94. The highest BCUT2D eigenvalue weighted by Gasteiger charge is 2.34. The summed E-state index contributed by atoms with van der Waals surface area (Å²) in [5, 5.41) is 0. The molecular weight excluding hydrogens is 599 g/mol. The number of hydrogen-bond acceptors (Lipinski definition) is 5. The smallest absolute Gasteiger partial charge is 0.0895 e. The molecule has 2 N–H and O–H groups in total. The number of nitrogens with two attached hydrogens (primary N) is 1. The Kier molecular flexibility index (Phi) is 6.87. The van der Waals surface area contributed by atoms with Crippen molar-refractivity contribution in [3.63, 3.8) is 0 Å². The molecule has 5 aliphatic rings. The molecule has 5 heterocycles. The van der Waals surface area contributed by atoms with E-state index in [0.29, 0.717) is 11.4 Å². The molecule has 230 valence electrons. The van der Waals surface area contributed by atoms with Crippen molar-refractivity contribution in [2.75, 3.05) is 0 Å². The highest BCUT2D eigenvalue weighted by molar-refractivity contribution is 6.52. The minimum Gasteiger partial charge on any atom is -0.396 e. The van der Waals surface area contributed by atoms with E-state index < -0.39 is 0 Å². The standard InChI is InChI=1S/C44H29N5/c45-42-37-27-35-24-22-33(47-35)25-32-21-23-34(46-32)26-36-38(28-13-5-1-6-14-28)39(29-15-7-2-8-16-29)43(48-36)41(31-19-11-4-12-20-31)44(49-37)40(42)30-17-9-3-10-18-30/h1-27H,45H2. The van der Waals surface area contributed by atoms with Crippen LogP contribution in [0.15, 0.2) is 212 Å². The number of rotatable bonds is 4. The van der Waals surface area contributed by atoms with Gasteiger partial charge in [0.25, 0.3) is 0 Å². The van der Waals surface area contributed by atoms with Crippen molar-refractivity contribution in [2.24, 2.45) is 25.7 Å². The minimum absolute atomic E-state index is 0.595. The van der Waals surface area contributed by atoms with E-state index in [0.717, 1.165) is 84.5 Å². The van der Waals surface area contributed by atoms with Crippen LogP contribution < -0.4 is 5.73 Å². The van der Waals surface area contributed by atoms with E-state index in [4.69, 9.17) is 25.7 Å². The van der Waals surface area contributed by atoms with Crippen LogP contribution in [0, 0.1) is 0 Å². The van der Waals surface area contributed by atoms with Crippen LogP contribution >= 0.6 is 0 Å². The quantitative estimate of drug-likeness (QED) is 0.241. The molecule has 5 nitrogen and oxygen atoms in total. The first-order valence-corrected chi connectivity index (χ1v) is 16.3. The second-order valence-corrected chi connectivity index (χ2v) is 12.1. The number of fused-ring (bicyclic) bond motifs is 4. The molecule has 0 fully saturated rings. The predicted molar refractivity (Wildman–Crippen MR) is 203 cm³/mol. The van der Waals surface area contributed by atoms with Gasteiger partial charge in [-0.25, -0.2) is 20.0 Å². The Balaban J connectivity index is 1.44. The molecule has 8 bridgehead atoms. The monoisotopic (exact) mass is 627 g/mol. The molecule has 0 amide bonds. The van der Waals surface area contributed by atoms with Crippen LogP contribution in [0.1, 0.15) is 22.3 Å². The van der Waals surface area contributed by atoms with E-state index in [2.05, 4.69) is 91.0 Å². The van der Waals surface area contributed by atoms with Crippen molar-refractivity contribution in [2.45, 2.75) is 0 Å². The van der Waals surface area contributed by atoms with Crippen molar-refractivity contribution in [1.29, 1.82) is 0 Å². The molecule has 0 unspecified atom stereocenters. The van der Waals surface area contributed by atoms with Crippen LogP contribution in [-0.4, -0.2) is 22.8 Å². The molecule has 49 heavy (non-hydrogen) atoms. The molecule has 0 radical (unpaired) electrons. The summed E-state index contributed by atoms with van der Waals surface area (Å²) in [6.45, 7) is 0. The lowest BCUT2D eigenvalue weighted by Gasteiger charge is -2.17. The van der Waals surface area contributed by atoms with Crippen LogP contribution in [0.2, 0.25) is 0 Å². The molecule has 4 aromatic carbocycles. The lowest BCUT2D eigenvalue weighted by Crippen LogP contribution is -2.09. The summed E-state index contributed by atoms with van der Waals surface area (Å²) in [7, 11) is 0. The molecule has 0 aliphatic carbocycles. The number of benzene rings is 4. The minimum atomic E-state index is 0.595. The van der Waals surface area contributed by atoms with E-state index in [1.54, 1.807) is 0 Å². The Bertz CT molecular complexity index is 2420. The van der Waals surface area contributed by atoms with Crippen LogP contribution in [0.25, 0.3) is 22.3 Å². The third-order valence-electron chi connectivity index (χ3n) is 8.94. The largest absolute Gasteiger partial charge is 0.396 e. The fourth-order valence-corrected chi connectivity index (χ4v) is 6.76. The summed E-state index contributed by atoms with van der Waals surface area (Å²) in [5.74, 6) is 0. The first-order valence-electron chi connectivity index (χ1n) is 16.3. The van der Waals surface area contributed by atoms with Crippen molar-refractivity contribution in [3.05, 3.63) is 215 Å². The summed E-state index contributed by atoms with van der Waals surface area (Å²) < 4.78 is 0. The number of nitrogens with zero attached hydrogens (tertiary/aromatic N) is 4. The summed E-state index contributed by atoms with van der Waals surface area (Å²) in [4.78, 5) is 20.7. The molecule has 0 aromatic heterocycles. The topological polar surface area (TPSA) is 75.5 Å². The fourth-order valence-electron chi connectivity index (χ4n) is 6.76. The van der Waals surface area contributed by atoms with Gasteiger partial charge in [-0.2, -0.15) is 0 Å². The highest BCUT2D eigenvalue weighted by atomic mass is 14.9. The number of aliphatic imine (C=N–C) groups is 4. The Morgan fingerprint density at radius 3 is 1.43 bits per heavy atom. The van der Waals surface area contributed by atoms with Gasteiger partial charge in [-0.1, -0.05) is 121 Å². The summed E-state index contributed by atoms with van der Waals surface area (Å²) in [6.07, 6.45) is 14.1. The van der Waals surface area contributed by atoms with Crippen LogP contribution in [-0.2, 0) is 0 Å². The second-order valence-electron chi connectivity index (χ2n) is 12.1. The summed E-state index contributed by atoms with van der Waals surface area (Å²) >= 11 is 0. The van der Waals surface area contributed by atoms with Crippen molar-refractivity contribution >= 4 is 45.1 Å². The van der Waals surface area contributed by atoms with Crippen molar-refractivity contribution < 1.29 is 0 Å². The van der Waals surface area contributed by atoms with Gasteiger partial charge in [-0.3, -0.25) is 0 Å². The molecule has 5 heteroatoms. The zero-order valence-corrected chi connectivity index (χ0v) is 26.5. The predicted octanol–water partition coefficient (Wildman–Crippen LogP) is 8.97. The zero-order valence-electron chi connectivity index (χ0n) is 26.5. The molecule has 5 aliphatic heterocycles. The lowest BCUT2D eigenvalue weighted by atomic mass is 9.85. The van der Waals surface area contributed by atoms with Crippen molar-refractivity contribution in [3.8, 4) is 0 Å². The first-order chi connectivity index (χ1) is 24.2. The van der Waals surface area contributed by atoms with Gasteiger partial charge in [0.15, 0.2) is 0 Å². The van der Waals surface area contributed by atoms with Gasteiger partial charge in [0.05, 0.1) is 51.3 Å². The molecule has 0 atom stereocenters. The van der Waals surface area contributed by atoms with E-state index in [9.17, 15) is 0 Å². The SMILES string of the molecule is NC1=C(c2ccccc2)C2=C(c3ccccc3)C3=NC(=CC4=NC(=CC5=NC(=CC1=N2)C=C5)C=C4)C(c1ccccc1)=C3c1ccccc1. The average molecular weight is 628 g/mol. The van der Waals surface area contributed by atoms with Crippen molar-refractivity contribution in [1.82, 2.24) is 0 Å². The second kappa shape index (κ2) is 11.8. The van der Waals surface area contributed by atoms with E-state index >= 15 is 0 Å². The summed E-state index contributed by atoms with van der Waals surface area (Å²) in [6, 6.07) is 41.6. The number of allylic oxidation sites excluding steroid dienone is 11. The maximum Gasteiger partial charge on any atom is 0.0895 e. The van der Waals surface area contributed by atoms with Crippen LogP contribution in [0.5, 0.6) is 0 Å². The Morgan fingerprint density at radius 1 is 0.388 bits per heavy atom.